The summed E-state index contributed by atoms with van der Waals surface area (Å²) in [5, 5.41) is 2.86. The maximum Gasteiger partial charge on any atom is 0.255 e. The van der Waals surface area contributed by atoms with Gasteiger partial charge in [-0.25, -0.2) is 0 Å². The van der Waals surface area contributed by atoms with Crippen LogP contribution >= 0.6 is 15.9 Å². The van der Waals surface area contributed by atoms with E-state index in [1.165, 1.54) is 0 Å². The molecule has 0 aromatic heterocycles. The molecule has 1 aliphatic heterocycles. The fourth-order valence-electron chi connectivity index (χ4n) is 3.34. The minimum absolute atomic E-state index is 0.0495. The third-order valence-corrected chi connectivity index (χ3v) is 5.68. The highest BCUT2D eigenvalue weighted by Gasteiger charge is 2.18. The second kappa shape index (κ2) is 10.6. The molecule has 1 saturated heterocycles. The number of amides is 2. The molecule has 2 aromatic carbocycles. The maximum absolute atomic E-state index is 12.7. The quantitative estimate of drug-likeness (QED) is 0.599. The van der Waals surface area contributed by atoms with E-state index in [0.29, 0.717) is 46.7 Å². The summed E-state index contributed by atoms with van der Waals surface area (Å²) < 4.78 is 12.1. The molecule has 0 saturated carbocycles. The first-order valence-electron chi connectivity index (χ1n) is 10.3. The maximum atomic E-state index is 12.7. The van der Waals surface area contributed by atoms with E-state index >= 15 is 0 Å². The zero-order chi connectivity index (χ0) is 21.5. The average Bonchev–Trinajstić information content (AvgIpc) is 3.27. The summed E-state index contributed by atoms with van der Waals surface area (Å²) in [5.74, 6) is 0.370. The van der Waals surface area contributed by atoms with Crippen LogP contribution in [0.5, 0.6) is 5.75 Å². The van der Waals surface area contributed by atoms with Crippen LogP contribution in [0.1, 0.15) is 47.4 Å². The third-order valence-electron chi connectivity index (χ3n) is 5.06. The summed E-state index contributed by atoms with van der Waals surface area (Å²) in [6.45, 7) is 6.45. The van der Waals surface area contributed by atoms with E-state index in [4.69, 9.17) is 9.47 Å². The standard InChI is InChI=1S/C23H27BrN2O4/c1-3-26(4-2)23(28)17-7-5-8-18(13-17)25-22(27)16-10-11-21(20(24)14-16)30-15-19-9-6-12-29-19/h5,7-8,10-11,13-14,19H,3-4,6,9,12,15H2,1-2H3,(H,25,27). The summed E-state index contributed by atoms with van der Waals surface area (Å²) in [6.07, 6.45) is 2.20. The number of halogens is 1. The molecule has 0 radical (unpaired) electrons. The smallest absolute Gasteiger partial charge is 0.255 e. The Labute approximate surface area is 185 Å². The Hall–Kier alpha value is -2.38. The van der Waals surface area contributed by atoms with E-state index in [2.05, 4.69) is 21.2 Å². The number of nitrogens with one attached hydrogen (secondary N) is 1. The minimum Gasteiger partial charge on any atom is -0.490 e. The van der Waals surface area contributed by atoms with Crippen molar-refractivity contribution >= 4 is 33.4 Å². The van der Waals surface area contributed by atoms with E-state index in [0.717, 1.165) is 19.4 Å². The van der Waals surface area contributed by atoms with Crippen molar-refractivity contribution in [1.82, 2.24) is 4.90 Å². The van der Waals surface area contributed by atoms with Crippen LogP contribution in [0.15, 0.2) is 46.9 Å². The van der Waals surface area contributed by atoms with Crippen molar-refractivity contribution in [2.24, 2.45) is 0 Å². The molecular formula is C23H27BrN2O4. The van der Waals surface area contributed by atoms with Gasteiger partial charge in [-0.05, 0) is 79.0 Å². The number of carbonyl (C=O) groups excluding carboxylic acids is 2. The molecule has 160 valence electrons. The normalized spacial score (nSPS) is 15.6. The molecule has 30 heavy (non-hydrogen) atoms. The molecule has 1 aliphatic rings. The lowest BCUT2D eigenvalue weighted by Gasteiger charge is -2.19. The van der Waals surface area contributed by atoms with Crippen molar-refractivity contribution in [2.75, 3.05) is 31.6 Å². The molecule has 1 unspecified atom stereocenters. The van der Waals surface area contributed by atoms with Gasteiger partial charge in [-0.3, -0.25) is 9.59 Å². The highest BCUT2D eigenvalue weighted by atomic mass is 79.9. The Morgan fingerprint density at radius 1 is 1.17 bits per heavy atom. The third kappa shape index (κ3) is 5.61. The van der Waals surface area contributed by atoms with E-state index in [-0.39, 0.29) is 17.9 Å². The summed E-state index contributed by atoms with van der Waals surface area (Å²) >= 11 is 3.48. The van der Waals surface area contributed by atoms with E-state index in [1.54, 1.807) is 47.4 Å². The van der Waals surface area contributed by atoms with Gasteiger partial charge in [-0.1, -0.05) is 6.07 Å². The van der Waals surface area contributed by atoms with Crippen molar-refractivity contribution in [3.63, 3.8) is 0 Å². The number of anilines is 1. The predicted molar refractivity (Wildman–Crippen MR) is 120 cm³/mol. The van der Waals surface area contributed by atoms with Gasteiger partial charge in [0.1, 0.15) is 12.4 Å². The van der Waals surface area contributed by atoms with Crippen LogP contribution in [0.4, 0.5) is 5.69 Å². The summed E-state index contributed by atoms with van der Waals surface area (Å²) in [7, 11) is 0. The Kier molecular flexibility index (Phi) is 7.87. The molecule has 1 heterocycles. The molecular weight excluding hydrogens is 448 g/mol. The first-order valence-corrected chi connectivity index (χ1v) is 11.1. The summed E-state index contributed by atoms with van der Waals surface area (Å²) in [4.78, 5) is 27.0. The fraction of sp³-hybridized carbons (Fsp3) is 0.391. The van der Waals surface area contributed by atoms with Crippen molar-refractivity contribution in [3.05, 3.63) is 58.1 Å². The average molecular weight is 475 g/mol. The molecule has 3 rings (SSSR count). The Balaban J connectivity index is 1.65. The van der Waals surface area contributed by atoms with Crippen molar-refractivity contribution in [3.8, 4) is 5.75 Å². The SMILES string of the molecule is CCN(CC)C(=O)c1cccc(NC(=O)c2ccc(OCC3CCCO3)c(Br)c2)c1. The Bertz CT molecular complexity index is 893. The highest BCUT2D eigenvalue weighted by molar-refractivity contribution is 9.10. The van der Waals surface area contributed by atoms with Gasteiger partial charge in [0.15, 0.2) is 0 Å². The number of hydrogen-bond donors (Lipinski definition) is 1. The lowest BCUT2D eigenvalue weighted by molar-refractivity contribution is 0.0677. The largest absolute Gasteiger partial charge is 0.490 e. The number of carbonyl (C=O) groups is 2. The molecule has 1 atom stereocenters. The zero-order valence-electron chi connectivity index (χ0n) is 17.3. The lowest BCUT2D eigenvalue weighted by atomic mass is 10.1. The van der Waals surface area contributed by atoms with Crippen molar-refractivity contribution in [1.29, 1.82) is 0 Å². The van der Waals surface area contributed by atoms with Crippen molar-refractivity contribution < 1.29 is 19.1 Å². The van der Waals surface area contributed by atoms with Gasteiger partial charge >= 0.3 is 0 Å². The summed E-state index contributed by atoms with van der Waals surface area (Å²) in [6, 6.07) is 12.2. The van der Waals surface area contributed by atoms with Crippen LogP contribution in [-0.2, 0) is 4.74 Å². The van der Waals surface area contributed by atoms with Gasteiger partial charge in [0.2, 0.25) is 0 Å². The van der Waals surface area contributed by atoms with Gasteiger partial charge in [0.05, 0.1) is 10.6 Å². The first kappa shape index (κ1) is 22.3. The second-order valence-corrected chi connectivity index (χ2v) is 7.96. The monoisotopic (exact) mass is 474 g/mol. The minimum atomic E-state index is -0.256. The van der Waals surface area contributed by atoms with Crippen LogP contribution < -0.4 is 10.1 Å². The number of benzene rings is 2. The molecule has 1 fully saturated rings. The number of rotatable bonds is 8. The van der Waals surface area contributed by atoms with E-state index in [9.17, 15) is 9.59 Å². The molecule has 0 spiro atoms. The van der Waals surface area contributed by atoms with Crippen molar-refractivity contribution in [2.45, 2.75) is 32.8 Å². The molecule has 2 amide bonds. The van der Waals surface area contributed by atoms with Gasteiger partial charge < -0.3 is 19.7 Å². The van der Waals surface area contributed by atoms with Crippen LogP contribution in [0, 0.1) is 0 Å². The topological polar surface area (TPSA) is 67.9 Å². The van der Waals surface area contributed by atoms with Gasteiger partial charge in [-0.15, -0.1) is 0 Å². The van der Waals surface area contributed by atoms with Crippen LogP contribution in [-0.4, -0.2) is 49.1 Å². The summed E-state index contributed by atoms with van der Waals surface area (Å²) in [5.41, 5.74) is 1.62. The lowest BCUT2D eigenvalue weighted by Crippen LogP contribution is -2.30. The number of ether oxygens (including phenoxy) is 2. The Morgan fingerprint density at radius 2 is 1.97 bits per heavy atom. The van der Waals surface area contributed by atoms with Crippen LogP contribution in [0.25, 0.3) is 0 Å². The highest BCUT2D eigenvalue weighted by Crippen LogP contribution is 2.27. The van der Waals surface area contributed by atoms with Gasteiger partial charge in [-0.2, -0.15) is 0 Å². The van der Waals surface area contributed by atoms with E-state index in [1.807, 2.05) is 13.8 Å². The zero-order valence-corrected chi connectivity index (χ0v) is 18.9. The fourth-order valence-corrected chi connectivity index (χ4v) is 3.84. The van der Waals surface area contributed by atoms with Gasteiger partial charge in [0.25, 0.3) is 11.8 Å². The van der Waals surface area contributed by atoms with Crippen LogP contribution in [0.2, 0.25) is 0 Å². The molecule has 7 heteroatoms. The first-order chi connectivity index (χ1) is 14.5. The molecule has 6 nitrogen and oxygen atoms in total. The second-order valence-electron chi connectivity index (χ2n) is 7.10. The van der Waals surface area contributed by atoms with Gasteiger partial charge in [0, 0.05) is 36.5 Å². The van der Waals surface area contributed by atoms with E-state index < -0.39 is 0 Å². The van der Waals surface area contributed by atoms with Crippen LogP contribution in [0.3, 0.4) is 0 Å². The molecule has 2 aromatic rings. The Morgan fingerprint density at radius 3 is 2.63 bits per heavy atom. The number of nitrogens with zero attached hydrogens (tertiary/aromatic N) is 1. The predicted octanol–water partition coefficient (Wildman–Crippen LogP) is 4.74. The molecule has 0 aliphatic carbocycles. The molecule has 1 N–H and O–H groups in total. The number of hydrogen-bond acceptors (Lipinski definition) is 4. The molecule has 0 bridgehead atoms.